The van der Waals surface area contributed by atoms with Crippen molar-refractivity contribution in [3.8, 4) is 5.75 Å². The van der Waals surface area contributed by atoms with Crippen molar-refractivity contribution < 1.29 is 18.9 Å². The van der Waals surface area contributed by atoms with Gasteiger partial charge in [-0.05, 0) is 109 Å². The Labute approximate surface area is 417 Å². The number of rotatable bonds is 14. The number of piperazine rings is 1. The molecule has 4 aliphatic heterocycles. The Morgan fingerprint density at radius 1 is 0.871 bits per heavy atom. The van der Waals surface area contributed by atoms with Gasteiger partial charge in [-0.2, -0.15) is 4.98 Å². The van der Waals surface area contributed by atoms with Crippen LogP contribution in [0.5, 0.6) is 5.75 Å². The Hall–Kier alpha value is -5.61. The van der Waals surface area contributed by atoms with E-state index in [1.54, 1.807) is 29.5 Å². The number of fused-ring (bicyclic) bond motifs is 2. The zero-order chi connectivity index (χ0) is 48.7. The van der Waals surface area contributed by atoms with Gasteiger partial charge in [-0.3, -0.25) is 33.9 Å². The monoisotopic (exact) mass is 1030 g/mol. The Bertz CT molecular complexity index is 3080. The summed E-state index contributed by atoms with van der Waals surface area (Å²) in [6.07, 6.45) is 10.2. The number of imidazole rings is 1. The molecule has 16 nitrogen and oxygen atoms in total. The van der Waals surface area contributed by atoms with Crippen molar-refractivity contribution in [3.05, 3.63) is 92.6 Å². The SMILES string of the molecule is CCc1ccc2c(P3(=O)CCCC3)c(Nc3nc(Nc4cc(CC)c(N5CCC(N6CCN(CCc7cccc8c7n(C)c(=O)n8C7CCC(=O)NC7=O)CC6)CC5)cc4OC)ncc3Br)ccc2n1. The van der Waals surface area contributed by atoms with Crippen LogP contribution in [0.3, 0.4) is 0 Å². The fourth-order valence-electron chi connectivity index (χ4n) is 11.3. The van der Waals surface area contributed by atoms with E-state index >= 15 is 0 Å². The van der Waals surface area contributed by atoms with Gasteiger partial charge in [0.2, 0.25) is 17.8 Å². The quantitative estimate of drug-likeness (QED) is 0.0719. The van der Waals surface area contributed by atoms with E-state index in [-0.39, 0.29) is 18.0 Å². The van der Waals surface area contributed by atoms with Crippen molar-refractivity contribution in [1.82, 2.24) is 39.2 Å². The molecule has 4 aliphatic rings. The maximum atomic E-state index is 14.5. The lowest BCUT2D eigenvalue weighted by Crippen LogP contribution is -2.53. The van der Waals surface area contributed by atoms with Gasteiger partial charge in [0, 0.05) is 112 Å². The molecule has 2 amide bonds. The van der Waals surface area contributed by atoms with Gasteiger partial charge in [0.1, 0.15) is 24.8 Å². The highest BCUT2D eigenvalue weighted by Gasteiger charge is 2.35. The number of methoxy groups -OCH3 is 1. The number of benzene rings is 3. The molecule has 0 bridgehead atoms. The first-order chi connectivity index (χ1) is 33.9. The normalized spacial score (nSPS) is 19.3. The third kappa shape index (κ3) is 9.37. The van der Waals surface area contributed by atoms with E-state index in [2.05, 4.69) is 89.7 Å². The lowest BCUT2D eigenvalue weighted by atomic mass is 9.99. The first-order valence-corrected chi connectivity index (χ1v) is 27.8. The lowest BCUT2D eigenvalue weighted by Gasteiger charge is -2.43. The fourth-order valence-corrected chi connectivity index (χ4v) is 14.9. The number of imide groups is 1. The number of hydrogen-bond acceptors (Lipinski definition) is 13. The summed E-state index contributed by atoms with van der Waals surface area (Å²) < 4.78 is 24.5. The van der Waals surface area contributed by atoms with E-state index in [1.807, 2.05) is 30.3 Å². The number of ether oxygens (including phenoxy) is 1. The molecule has 3 aromatic heterocycles. The number of nitrogens with zero attached hydrogens (tertiary/aromatic N) is 8. The van der Waals surface area contributed by atoms with Crippen LogP contribution in [-0.2, 0) is 40.5 Å². The molecule has 18 heteroatoms. The third-order valence-electron chi connectivity index (χ3n) is 15.1. The molecule has 1 atom stereocenters. The summed E-state index contributed by atoms with van der Waals surface area (Å²) in [4.78, 5) is 60.2. The maximum absolute atomic E-state index is 14.5. The minimum atomic E-state index is -2.65. The fraction of sp³-hybridized carbons (Fsp3) is 0.462. The number of amides is 2. The molecule has 3 N–H and O–H groups in total. The first-order valence-electron chi connectivity index (χ1n) is 25.0. The van der Waals surface area contributed by atoms with Crippen LogP contribution in [0.15, 0.2) is 70.1 Å². The molecule has 0 radical (unpaired) electrons. The summed E-state index contributed by atoms with van der Waals surface area (Å²) in [6, 6.07) is 18.2. The number of pyridine rings is 1. The van der Waals surface area contributed by atoms with Crippen LogP contribution in [0.4, 0.5) is 28.8 Å². The van der Waals surface area contributed by atoms with Crippen molar-refractivity contribution >= 4 is 91.0 Å². The Kier molecular flexibility index (Phi) is 13.9. The average molecular weight is 1030 g/mol. The number of carbonyl (C=O) groups excluding carboxylic acids is 2. The van der Waals surface area contributed by atoms with Crippen LogP contribution in [0, 0.1) is 0 Å². The van der Waals surface area contributed by atoms with Gasteiger partial charge in [-0.1, -0.05) is 32.0 Å². The molecule has 6 aromatic rings. The van der Waals surface area contributed by atoms with Crippen molar-refractivity contribution in [1.29, 1.82) is 0 Å². The largest absolute Gasteiger partial charge is 0.494 e. The lowest BCUT2D eigenvalue weighted by molar-refractivity contribution is -0.135. The summed E-state index contributed by atoms with van der Waals surface area (Å²) >= 11 is 3.68. The third-order valence-corrected chi connectivity index (χ3v) is 19.1. The topological polar surface area (TPSA) is 172 Å². The minimum Gasteiger partial charge on any atom is -0.494 e. The summed E-state index contributed by atoms with van der Waals surface area (Å²) in [7, 11) is 0.824. The minimum absolute atomic E-state index is 0.220. The van der Waals surface area contributed by atoms with Crippen LogP contribution in [0.1, 0.15) is 75.2 Å². The van der Waals surface area contributed by atoms with Crippen LogP contribution in [0.2, 0.25) is 0 Å². The van der Waals surface area contributed by atoms with E-state index in [0.717, 1.165) is 141 Å². The van der Waals surface area contributed by atoms with Gasteiger partial charge < -0.3 is 29.7 Å². The molecule has 368 valence electrons. The molecular formula is C52H63BrN11O5P. The number of nitrogens with one attached hydrogen (secondary N) is 3. The standard InChI is InChI=1S/C52H63BrN11O5P/c1-5-33-30-41(57-51-54-32-38(53)49(59-51)56-40-15-14-39-37(13-12-35(6-2)55-39)48(40)70(68)28-7-8-29-70)45(69-4)31-44(33)63-22-19-36(20-23-63)62-26-24-61(25-27-62)21-18-34-10-9-11-42-47(34)60(3)52(67)64(42)43-16-17-46(65)58-50(43)66/h9-15,30-32,36,43H,5-8,16-29H2,1-4H3,(H,58,65,66)(H2,54,56,57,59). The zero-order valence-electron chi connectivity index (χ0n) is 40.6. The summed E-state index contributed by atoms with van der Waals surface area (Å²) in [5.41, 5.74) is 8.31. The second-order valence-corrected chi connectivity index (χ2v) is 23.2. The summed E-state index contributed by atoms with van der Waals surface area (Å²) in [5, 5.41) is 11.2. The second kappa shape index (κ2) is 20.2. The Balaban J connectivity index is 0.771. The van der Waals surface area contributed by atoms with Gasteiger partial charge in [-0.25, -0.2) is 9.78 Å². The first kappa shape index (κ1) is 48.0. The smallest absolute Gasteiger partial charge is 0.329 e. The molecule has 7 heterocycles. The zero-order valence-corrected chi connectivity index (χ0v) is 43.1. The highest BCUT2D eigenvalue weighted by Crippen LogP contribution is 2.54. The van der Waals surface area contributed by atoms with Gasteiger partial charge in [-0.15, -0.1) is 0 Å². The van der Waals surface area contributed by atoms with Crippen molar-refractivity contribution in [2.24, 2.45) is 7.05 Å². The van der Waals surface area contributed by atoms with E-state index in [1.165, 1.54) is 11.3 Å². The molecule has 0 saturated carbocycles. The number of piperidine rings is 2. The summed E-state index contributed by atoms with van der Waals surface area (Å²) in [6.45, 7) is 11.1. The molecule has 1 unspecified atom stereocenters. The number of halogens is 1. The molecule has 70 heavy (non-hydrogen) atoms. The molecule has 3 aromatic carbocycles. The van der Waals surface area contributed by atoms with Crippen LogP contribution >= 0.6 is 23.1 Å². The van der Waals surface area contributed by atoms with Crippen molar-refractivity contribution in [3.63, 3.8) is 0 Å². The predicted octanol–water partition coefficient (Wildman–Crippen LogP) is 7.65. The van der Waals surface area contributed by atoms with Crippen molar-refractivity contribution in [2.75, 3.05) is 80.8 Å². The maximum Gasteiger partial charge on any atom is 0.329 e. The van der Waals surface area contributed by atoms with Crippen LogP contribution < -0.4 is 36.6 Å². The molecular weight excluding hydrogens is 970 g/mol. The summed E-state index contributed by atoms with van der Waals surface area (Å²) in [5.74, 6) is 0.989. The number of para-hydroxylation sites is 1. The number of aromatic nitrogens is 5. The highest BCUT2D eigenvalue weighted by molar-refractivity contribution is 9.10. The van der Waals surface area contributed by atoms with Gasteiger partial charge >= 0.3 is 5.69 Å². The Morgan fingerprint density at radius 3 is 2.39 bits per heavy atom. The molecule has 10 rings (SSSR count). The molecule has 4 fully saturated rings. The van der Waals surface area contributed by atoms with Crippen LogP contribution in [-0.4, -0.2) is 117 Å². The molecule has 0 spiro atoms. The molecule has 4 saturated heterocycles. The highest BCUT2D eigenvalue weighted by atomic mass is 79.9. The number of hydrogen-bond donors (Lipinski definition) is 3. The van der Waals surface area contributed by atoms with E-state index in [4.69, 9.17) is 14.7 Å². The number of carbonyl (C=O) groups is 2. The average Bonchev–Trinajstić information content (AvgIpc) is 3.93. The van der Waals surface area contributed by atoms with Crippen LogP contribution in [0.25, 0.3) is 21.9 Å². The predicted molar refractivity (Wildman–Crippen MR) is 282 cm³/mol. The van der Waals surface area contributed by atoms with Gasteiger partial charge in [0.05, 0.1) is 39.5 Å². The van der Waals surface area contributed by atoms with E-state index < -0.39 is 19.1 Å². The number of anilines is 5. The number of aryl methyl sites for hydroxylation is 3. The van der Waals surface area contributed by atoms with E-state index in [0.29, 0.717) is 46.8 Å². The van der Waals surface area contributed by atoms with E-state index in [9.17, 15) is 18.9 Å². The second-order valence-electron chi connectivity index (χ2n) is 19.2. The van der Waals surface area contributed by atoms with Gasteiger partial charge in [0.15, 0.2) is 0 Å². The molecule has 0 aliphatic carbocycles. The van der Waals surface area contributed by atoms with Crippen molar-refractivity contribution in [2.45, 2.75) is 83.7 Å². The van der Waals surface area contributed by atoms with Gasteiger partial charge in [0.25, 0.3) is 0 Å². The Morgan fingerprint density at radius 2 is 1.66 bits per heavy atom.